The third-order valence-corrected chi connectivity index (χ3v) is 5.74. The number of aromatic nitrogens is 1. The second kappa shape index (κ2) is 7.68. The first-order valence-electron chi connectivity index (χ1n) is 9.33. The molecule has 2 atom stereocenters. The second-order valence-electron chi connectivity index (χ2n) is 7.74. The maximum atomic E-state index is 12.6. The molecule has 1 saturated heterocycles. The molecular weight excluding hydrogens is 397 g/mol. The van der Waals surface area contributed by atoms with Gasteiger partial charge in [-0.05, 0) is 31.6 Å². The van der Waals surface area contributed by atoms with Crippen molar-refractivity contribution >= 4 is 17.8 Å². The topological polar surface area (TPSA) is 121 Å². The van der Waals surface area contributed by atoms with Crippen LogP contribution in [-0.2, 0) is 9.59 Å². The van der Waals surface area contributed by atoms with Gasteiger partial charge in [0, 0.05) is 19.0 Å². The van der Waals surface area contributed by atoms with Crippen LogP contribution in [0.25, 0.3) is 0 Å². The number of fused-ring (bicyclic) bond motifs is 1. The highest BCUT2D eigenvalue weighted by atomic mass is 19.4. The molecule has 3 fully saturated rings. The molecule has 11 heteroatoms. The number of carbonyl (C=O) groups is 3. The maximum absolute atomic E-state index is 12.6. The molecule has 1 aromatic heterocycles. The predicted molar refractivity (Wildman–Crippen MR) is 90.1 cm³/mol. The van der Waals surface area contributed by atoms with E-state index in [1.807, 2.05) is 0 Å². The minimum Gasteiger partial charge on any atom is -0.481 e. The van der Waals surface area contributed by atoms with Crippen LogP contribution in [0.15, 0.2) is 10.7 Å². The van der Waals surface area contributed by atoms with Crippen molar-refractivity contribution in [3.63, 3.8) is 0 Å². The van der Waals surface area contributed by atoms with Gasteiger partial charge in [0.15, 0.2) is 11.6 Å². The van der Waals surface area contributed by atoms with E-state index in [2.05, 4.69) is 4.98 Å². The number of nitrogens with zero attached hydrogens (tertiary/aromatic N) is 2. The Morgan fingerprint density at radius 3 is 2.34 bits per heavy atom. The van der Waals surface area contributed by atoms with Gasteiger partial charge >= 0.3 is 18.1 Å². The van der Waals surface area contributed by atoms with Gasteiger partial charge in [-0.1, -0.05) is 12.8 Å². The summed E-state index contributed by atoms with van der Waals surface area (Å²) < 4.78 is 37.1. The molecule has 2 saturated carbocycles. The van der Waals surface area contributed by atoms with Crippen molar-refractivity contribution in [3.8, 4) is 0 Å². The number of amides is 1. The number of hydrogen-bond acceptors (Lipinski definition) is 5. The van der Waals surface area contributed by atoms with E-state index < -0.39 is 23.5 Å². The molecule has 0 unspecified atom stereocenters. The zero-order valence-corrected chi connectivity index (χ0v) is 15.4. The van der Waals surface area contributed by atoms with Crippen molar-refractivity contribution in [2.24, 2.45) is 11.3 Å². The number of oxazole rings is 1. The van der Waals surface area contributed by atoms with Crippen LogP contribution < -0.4 is 0 Å². The van der Waals surface area contributed by atoms with Crippen LogP contribution in [-0.4, -0.2) is 57.2 Å². The smallest absolute Gasteiger partial charge is 0.481 e. The Labute approximate surface area is 163 Å². The number of carboxylic acid groups (broad SMARTS) is 2. The molecule has 1 aromatic rings. The normalized spacial score (nSPS) is 26.3. The molecule has 1 aliphatic heterocycles. The van der Waals surface area contributed by atoms with E-state index in [0.717, 1.165) is 32.1 Å². The summed E-state index contributed by atoms with van der Waals surface area (Å²) >= 11 is 0. The summed E-state index contributed by atoms with van der Waals surface area (Å²) in [6.45, 7) is 0.828. The van der Waals surface area contributed by atoms with E-state index in [9.17, 15) is 27.9 Å². The van der Waals surface area contributed by atoms with Gasteiger partial charge in [0.2, 0.25) is 0 Å². The van der Waals surface area contributed by atoms with Crippen LogP contribution >= 0.6 is 0 Å². The average molecular weight is 418 g/mol. The molecule has 8 nitrogen and oxygen atoms in total. The van der Waals surface area contributed by atoms with E-state index in [-0.39, 0.29) is 11.8 Å². The van der Waals surface area contributed by atoms with Gasteiger partial charge in [-0.15, -0.1) is 0 Å². The fourth-order valence-electron chi connectivity index (χ4n) is 4.03. The van der Waals surface area contributed by atoms with Crippen LogP contribution in [0.1, 0.15) is 60.8 Å². The summed E-state index contributed by atoms with van der Waals surface area (Å²) in [5, 5.41) is 16.8. The number of carboxylic acids is 2. The molecule has 0 spiro atoms. The minimum atomic E-state index is -5.08. The molecule has 0 aromatic carbocycles. The van der Waals surface area contributed by atoms with Gasteiger partial charge in [-0.2, -0.15) is 13.2 Å². The molecule has 2 heterocycles. The first-order valence-corrected chi connectivity index (χ1v) is 9.33. The summed E-state index contributed by atoms with van der Waals surface area (Å²) in [4.78, 5) is 39.3. The van der Waals surface area contributed by atoms with Crippen LogP contribution in [0.4, 0.5) is 13.2 Å². The standard InChI is InChI=1S/C16H20N2O4.C2HF3O2/c19-14(12-8-22-13(17-12)10-4-5-10)18-7-11-3-1-2-6-16(11,9-18)15(20)21;3-2(4,5)1(6)7/h8,10-11H,1-7,9H2,(H,20,21);(H,6,7)/t11-,16-;/m1./s1. The summed E-state index contributed by atoms with van der Waals surface area (Å²) in [7, 11) is 0. The molecule has 1 amide bonds. The van der Waals surface area contributed by atoms with Gasteiger partial charge in [0.1, 0.15) is 6.26 Å². The Kier molecular flexibility index (Phi) is 5.59. The number of hydrogen-bond donors (Lipinski definition) is 2. The van der Waals surface area contributed by atoms with E-state index in [1.165, 1.54) is 6.26 Å². The van der Waals surface area contributed by atoms with E-state index in [1.54, 1.807) is 4.90 Å². The Bertz CT molecular complexity index is 804. The number of halogens is 3. The molecule has 2 N–H and O–H groups in total. The van der Waals surface area contributed by atoms with Gasteiger partial charge in [-0.3, -0.25) is 9.59 Å². The largest absolute Gasteiger partial charge is 0.490 e. The SMILES string of the molecule is O=C(O)C(F)(F)F.O=C(c1coc(C2CC2)n1)N1C[C@H]2CCCC[C@@]2(C(=O)O)C1. The van der Waals surface area contributed by atoms with Gasteiger partial charge in [-0.25, -0.2) is 9.78 Å². The van der Waals surface area contributed by atoms with Crippen LogP contribution in [0.5, 0.6) is 0 Å². The summed E-state index contributed by atoms with van der Waals surface area (Å²) in [6.07, 6.45) is 2.03. The lowest BCUT2D eigenvalue weighted by atomic mass is 9.68. The van der Waals surface area contributed by atoms with E-state index >= 15 is 0 Å². The number of carbonyl (C=O) groups excluding carboxylic acids is 1. The van der Waals surface area contributed by atoms with Crippen LogP contribution in [0.2, 0.25) is 0 Å². The zero-order chi connectivity index (χ0) is 21.4. The molecule has 2 aliphatic carbocycles. The number of rotatable bonds is 3. The second-order valence-corrected chi connectivity index (χ2v) is 7.74. The van der Waals surface area contributed by atoms with Crippen molar-refractivity contribution < 1.29 is 42.2 Å². The van der Waals surface area contributed by atoms with Gasteiger partial charge in [0.05, 0.1) is 5.41 Å². The maximum Gasteiger partial charge on any atom is 0.490 e. The Hall–Kier alpha value is -2.59. The van der Waals surface area contributed by atoms with Crippen molar-refractivity contribution in [1.82, 2.24) is 9.88 Å². The molecule has 3 aliphatic rings. The first-order chi connectivity index (χ1) is 13.5. The Morgan fingerprint density at radius 1 is 1.17 bits per heavy atom. The predicted octanol–water partition coefficient (Wildman–Crippen LogP) is 2.90. The fraction of sp³-hybridized carbons (Fsp3) is 0.667. The lowest BCUT2D eigenvalue weighted by molar-refractivity contribution is -0.192. The molecule has 0 bridgehead atoms. The average Bonchev–Trinajstić information content (AvgIpc) is 3.24. The van der Waals surface area contributed by atoms with Crippen molar-refractivity contribution in [1.29, 1.82) is 0 Å². The van der Waals surface area contributed by atoms with Crippen molar-refractivity contribution in [2.45, 2.75) is 50.6 Å². The van der Waals surface area contributed by atoms with E-state index in [4.69, 9.17) is 14.3 Å². The third kappa shape index (κ3) is 4.38. The molecule has 29 heavy (non-hydrogen) atoms. The monoisotopic (exact) mass is 418 g/mol. The minimum absolute atomic E-state index is 0.0671. The lowest BCUT2D eigenvalue weighted by Crippen LogP contribution is -2.41. The fourth-order valence-corrected chi connectivity index (χ4v) is 4.03. The number of aliphatic carboxylic acids is 2. The lowest BCUT2D eigenvalue weighted by Gasteiger charge is -2.33. The third-order valence-electron chi connectivity index (χ3n) is 5.74. The van der Waals surface area contributed by atoms with Crippen LogP contribution in [0, 0.1) is 11.3 Å². The molecule has 4 rings (SSSR count). The van der Waals surface area contributed by atoms with Crippen molar-refractivity contribution in [2.75, 3.05) is 13.1 Å². The van der Waals surface area contributed by atoms with E-state index in [0.29, 0.717) is 37.0 Å². The van der Waals surface area contributed by atoms with Crippen LogP contribution in [0.3, 0.4) is 0 Å². The number of likely N-dealkylation sites (tertiary alicyclic amines) is 1. The summed E-state index contributed by atoms with van der Waals surface area (Å²) in [6, 6.07) is 0. The number of alkyl halides is 3. The Morgan fingerprint density at radius 2 is 1.83 bits per heavy atom. The van der Waals surface area contributed by atoms with Crippen molar-refractivity contribution in [3.05, 3.63) is 17.8 Å². The first kappa shape index (κ1) is 21.1. The summed E-state index contributed by atoms with van der Waals surface area (Å²) in [5.41, 5.74) is -0.433. The molecule has 160 valence electrons. The Balaban J connectivity index is 0.000000298. The van der Waals surface area contributed by atoms with Gasteiger partial charge in [0.25, 0.3) is 5.91 Å². The highest BCUT2D eigenvalue weighted by Gasteiger charge is 2.54. The molecule has 0 radical (unpaired) electrons. The summed E-state index contributed by atoms with van der Waals surface area (Å²) in [5.74, 6) is -2.62. The quantitative estimate of drug-likeness (QED) is 0.774. The highest BCUT2D eigenvalue weighted by molar-refractivity contribution is 5.93. The highest BCUT2D eigenvalue weighted by Crippen LogP contribution is 2.47. The van der Waals surface area contributed by atoms with Gasteiger partial charge < -0.3 is 19.5 Å². The molecular formula is C18H21F3N2O6. The zero-order valence-electron chi connectivity index (χ0n) is 15.4.